The number of fused-ring (bicyclic) bond motifs is 1. The number of rotatable bonds is 4. The van der Waals surface area contributed by atoms with Gasteiger partial charge < -0.3 is 14.5 Å². The molecule has 4 atom stereocenters. The summed E-state index contributed by atoms with van der Waals surface area (Å²) in [7, 11) is 1.27. The second-order valence-corrected chi connectivity index (χ2v) is 7.09. The standard InChI is InChI=1S/C20H19FN2O5/c1-3-20(19(26)27-2)15-14(16(22-20)13-5-4-10-28-13)17(24)23(18(15)25)12-8-6-11(21)7-9-12/h4-10,14-16,22H,3H2,1-2H3/p+1/t14-,15+,16-,20-/m0/s1. The number of hydrogen-bond acceptors (Lipinski definition) is 5. The third-order valence-electron chi connectivity index (χ3n) is 5.88. The first-order valence-electron chi connectivity index (χ1n) is 9.06. The average Bonchev–Trinajstić information content (AvgIpc) is 3.39. The molecule has 2 amide bonds. The summed E-state index contributed by atoms with van der Waals surface area (Å²) in [5, 5.41) is 1.73. The van der Waals surface area contributed by atoms with E-state index in [-0.39, 0.29) is 5.69 Å². The van der Waals surface area contributed by atoms with Crippen molar-refractivity contribution in [2.75, 3.05) is 12.0 Å². The van der Waals surface area contributed by atoms with Crippen molar-refractivity contribution in [3.8, 4) is 0 Å². The van der Waals surface area contributed by atoms with Gasteiger partial charge in [-0.25, -0.2) is 14.1 Å². The number of imide groups is 1. The largest absolute Gasteiger partial charge is 0.464 e. The molecule has 2 aromatic rings. The van der Waals surface area contributed by atoms with Gasteiger partial charge in [0.15, 0.2) is 11.8 Å². The van der Waals surface area contributed by atoms with E-state index in [1.165, 1.54) is 37.6 Å². The fraction of sp³-hybridized carbons (Fsp3) is 0.350. The summed E-state index contributed by atoms with van der Waals surface area (Å²) < 4.78 is 23.8. The van der Waals surface area contributed by atoms with Crippen molar-refractivity contribution in [3.63, 3.8) is 0 Å². The Morgan fingerprint density at radius 3 is 2.54 bits per heavy atom. The van der Waals surface area contributed by atoms with Gasteiger partial charge in [-0.3, -0.25) is 9.59 Å². The van der Waals surface area contributed by atoms with Crippen LogP contribution >= 0.6 is 0 Å². The van der Waals surface area contributed by atoms with Crippen molar-refractivity contribution < 1.29 is 33.2 Å². The number of furan rings is 1. The first-order valence-corrected chi connectivity index (χ1v) is 9.06. The van der Waals surface area contributed by atoms with Crippen LogP contribution in [-0.2, 0) is 19.1 Å². The van der Waals surface area contributed by atoms with Gasteiger partial charge in [0, 0.05) is 6.42 Å². The highest BCUT2D eigenvalue weighted by Crippen LogP contribution is 2.46. The van der Waals surface area contributed by atoms with E-state index in [4.69, 9.17) is 9.15 Å². The number of nitrogens with two attached hydrogens (primary N) is 1. The summed E-state index contributed by atoms with van der Waals surface area (Å²) >= 11 is 0. The monoisotopic (exact) mass is 387 g/mol. The van der Waals surface area contributed by atoms with Crippen LogP contribution in [0.15, 0.2) is 47.1 Å². The predicted octanol–water partition coefficient (Wildman–Crippen LogP) is 1.16. The Labute approximate surface area is 160 Å². The molecule has 28 heavy (non-hydrogen) atoms. The van der Waals surface area contributed by atoms with Crippen LogP contribution in [0.2, 0.25) is 0 Å². The molecule has 2 N–H and O–H groups in total. The summed E-state index contributed by atoms with van der Waals surface area (Å²) in [5.74, 6) is -3.13. The molecule has 2 aliphatic rings. The maximum atomic E-state index is 13.3. The van der Waals surface area contributed by atoms with Crippen LogP contribution in [0.4, 0.5) is 10.1 Å². The molecule has 1 aromatic heterocycles. The quantitative estimate of drug-likeness (QED) is 0.628. The zero-order valence-electron chi connectivity index (χ0n) is 15.4. The smallest absolute Gasteiger partial charge is 0.368 e. The highest BCUT2D eigenvalue weighted by Gasteiger charge is 2.72. The summed E-state index contributed by atoms with van der Waals surface area (Å²) in [5.41, 5.74) is -0.961. The normalized spacial score (nSPS) is 29.2. The Hall–Kier alpha value is -3.00. The Morgan fingerprint density at radius 2 is 1.96 bits per heavy atom. The number of methoxy groups -OCH3 is 1. The van der Waals surface area contributed by atoms with Crippen molar-refractivity contribution in [3.05, 3.63) is 54.2 Å². The first kappa shape index (κ1) is 18.4. The number of carbonyl (C=O) groups excluding carboxylic acids is 3. The van der Waals surface area contributed by atoms with E-state index in [0.29, 0.717) is 12.2 Å². The fourth-order valence-corrected chi connectivity index (χ4v) is 4.57. The molecule has 7 nitrogen and oxygen atoms in total. The molecule has 0 radical (unpaired) electrons. The van der Waals surface area contributed by atoms with E-state index in [2.05, 4.69) is 0 Å². The Bertz CT molecular complexity index is 927. The second-order valence-electron chi connectivity index (χ2n) is 7.09. The fourth-order valence-electron chi connectivity index (χ4n) is 4.57. The van der Waals surface area contributed by atoms with E-state index in [1.807, 2.05) is 0 Å². The average molecular weight is 387 g/mol. The molecule has 0 aliphatic carbocycles. The molecule has 0 unspecified atom stereocenters. The number of nitrogens with zero attached hydrogens (tertiary/aromatic N) is 1. The van der Waals surface area contributed by atoms with E-state index < -0.39 is 47.0 Å². The van der Waals surface area contributed by atoms with E-state index >= 15 is 0 Å². The van der Waals surface area contributed by atoms with Crippen LogP contribution in [0, 0.1) is 17.7 Å². The molecule has 4 rings (SSSR count). The van der Waals surface area contributed by atoms with E-state index in [0.717, 1.165) is 4.90 Å². The van der Waals surface area contributed by atoms with Crippen molar-refractivity contribution in [1.29, 1.82) is 0 Å². The maximum Gasteiger partial charge on any atom is 0.368 e. The number of hydrogen-bond donors (Lipinski definition) is 1. The molecule has 2 aliphatic heterocycles. The third kappa shape index (κ3) is 2.41. The topological polar surface area (TPSA) is 93.4 Å². The van der Waals surface area contributed by atoms with Gasteiger partial charge in [0.2, 0.25) is 17.4 Å². The first-order chi connectivity index (χ1) is 13.4. The number of carbonyl (C=O) groups is 3. The molecule has 2 saturated heterocycles. The SMILES string of the molecule is CC[C@]1(C(=O)OC)[NH2+][C@@H](c2ccco2)[C@H]2C(=O)N(c3ccc(F)cc3)C(=O)[C@@H]21. The molecule has 1 aromatic carbocycles. The summed E-state index contributed by atoms with van der Waals surface area (Å²) in [4.78, 5) is 40.4. The van der Waals surface area contributed by atoms with Gasteiger partial charge in [-0.1, -0.05) is 6.92 Å². The van der Waals surface area contributed by atoms with Crippen molar-refractivity contribution in [2.24, 2.45) is 11.8 Å². The number of amides is 2. The lowest BCUT2D eigenvalue weighted by Crippen LogP contribution is -2.98. The summed E-state index contributed by atoms with van der Waals surface area (Å²) in [6.45, 7) is 1.79. The number of anilines is 1. The van der Waals surface area contributed by atoms with Gasteiger partial charge in [0.05, 0.1) is 19.1 Å². The van der Waals surface area contributed by atoms with Crippen LogP contribution in [0.5, 0.6) is 0 Å². The highest BCUT2D eigenvalue weighted by molar-refractivity contribution is 6.23. The lowest BCUT2D eigenvalue weighted by atomic mass is 9.78. The third-order valence-corrected chi connectivity index (χ3v) is 5.88. The van der Waals surface area contributed by atoms with Gasteiger partial charge in [0.25, 0.3) is 0 Å². The molecule has 0 saturated carbocycles. The van der Waals surface area contributed by atoms with Gasteiger partial charge in [-0.2, -0.15) is 0 Å². The van der Waals surface area contributed by atoms with Crippen LogP contribution in [0.1, 0.15) is 25.1 Å². The van der Waals surface area contributed by atoms with Crippen molar-refractivity contribution >= 4 is 23.5 Å². The minimum absolute atomic E-state index is 0.277. The molecule has 0 spiro atoms. The van der Waals surface area contributed by atoms with Crippen LogP contribution in [-0.4, -0.2) is 30.4 Å². The van der Waals surface area contributed by atoms with Gasteiger partial charge >= 0.3 is 5.97 Å². The highest BCUT2D eigenvalue weighted by atomic mass is 19.1. The Balaban J connectivity index is 1.84. The maximum absolute atomic E-state index is 13.3. The van der Waals surface area contributed by atoms with Gasteiger partial charge in [-0.15, -0.1) is 0 Å². The van der Waals surface area contributed by atoms with Crippen molar-refractivity contribution in [2.45, 2.75) is 24.9 Å². The molecular formula is C20H20FN2O5+. The van der Waals surface area contributed by atoms with Crippen LogP contribution < -0.4 is 10.2 Å². The minimum atomic E-state index is -1.24. The number of quaternary nitrogens is 1. The zero-order valence-corrected chi connectivity index (χ0v) is 15.4. The minimum Gasteiger partial charge on any atom is -0.464 e. The summed E-state index contributed by atoms with van der Waals surface area (Å²) in [6, 6.07) is 8.01. The molecule has 146 valence electrons. The summed E-state index contributed by atoms with van der Waals surface area (Å²) in [6.07, 6.45) is 1.79. The Kier molecular flexibility index (Phi) is 4.30. The van der Waals surface area contributed by atoms with E-state index in [1.54, 1.807) is 24.4 Å². The molecule has 8 heteroatoms. The molecular weight excluding hydrogens is 367 g/mol. The van der Waals surface area contributed by atoms with Gasteiger partial charge in [0.1, 0.15) is 17.7 Å². The predicted molar refractivity (Wildman–Crippen MR) is 94.3 cm³/mol. The molecule has 0 bridgehead atoms. The molecule has 3 heterocycles. The zero-order chi connectivity index (χ0) is 20.1. The number of benzene rings is 1. The number of ether oxygens (including phenoxy) is 1. The second kappa shape index (κ2) is 6.56. The van der Waals surface area contributed by atoms with E-state index in [9.17, 15) is 18.8 Å². The van der Waals surface area contributed by atoms with Crippen LogP contribution in [0.25, 0.3) is 0 Å². The van der Waals surface area contributed by atoms with Crippen molar-refractivity contribution in [1.82, 2.24) is 0 Å². The lowest BCUT2D eigenvalue weighted by Gasteiger charge is -2.27. The lowest BCUT2D eigenvalue weighted by molar-refractivity contribution is -0.735. The molecule has 2 fully saturated rings. The Morgan fingerprint density at radius 1 is 1.25 bits per heavy atom. The van der Waals surface area contributed by atoms with Gasteiger partial charge in [-0.05, 0) is 36.4 Å². The number of esters is 1. The van der Waals surface area contributed by atoms with Crippen LogP contribution in [0.3, 0.4) is 0 Å². The number of halogens is 1.